The zero-order valence-corrected chi connectivity index (χ0v) is 17.4. The normalized spacial score (nSPS) is 24.7. The number of rotatable bonds is 8. The van der Waals surface area contributed by atoms with Crippen LogP contribution in [0.1, 0.15) is 129 Å². The van der Waals surface area contributed by atoms with Crippen molar-refractivity contribution in [2.45, 2.75) is 142 Å². The second-order valence-electron chi connectivity index (χ2n) is 9.00. The molecule has 2 aliphatic rings. The molecule has 25 heavy (non-hydrogen) atoms. The molecule has 2 saturated carbocycles. The predicted molar refractivity (Wildman–Crippen MR) is 110 cm³/mol. The topological polar surface area (TPSA) is 9.23 Å². The second kappa shape index (κ2) is 13.2. The first-order valence-electron chi connectivity index (χ1n) is 12.0. The third-order valence-corrected chi connectivity index (χ3v) is 6.85. The Bertz CT molecular complexity index is 267. The maximum Gasteiger partial charge on any atom is 0.0607 e. The van der Waals surface area contributed by atoms with Gasteiger partial charge < -0.3 is 4.74 Å². The molecule has 1 nitrogen and oxygen atoms in total. The van der Waals surface area contributed by atoms with Crippen molar-refractivity contribution in [3.63, 3.8) is 0 Å². The van der Waals surface area contributed by atoms with Gasteiger partial charge in [-0.2, -0.15) is 0 Å². The summed E-state index contributed by atoms with van der Waals surface area (Å²) in [7, 11) is 0. The van der Waals surface area contributed by atoms with Crippen LogP contribution in [0.25, 0.3) is 0 Å². The lowest BCUT2D eigenvalue weighted by Gasteiger charge is -2.36. The van der Waals surface area contributed by atoms with Crippen LogP contribution in [-0.4, -0.2) is 12.2 Å². The SMILES string of the molecule is CCCC(OC(CCC)C1CCCCCCC1)C1CCCCCCC1. The van der Waals surface area contributed by atoms with Crippen molar-refractivity contribution in [1.82, 2.24) is 0 Å². The van der Waals surface area contributed by atoms with Gasteiger partial charge in [-0.3, -0.25) is 0 Å². The van der Waals surface area contributed by atoms with Crippen molar-refractivity contribution in [1.29, 1.82) is 0 Å². The van der Waals surface area contributed by atoms with Crippen molar-refractivity contribution in [2.75, 3.05) is 0 Å². The Balaban J connectivity index is 1.97. The number of ether oxygens (including phenoxy) is 1. The van der Waals surface area contributed by atoms with Crippen molar-refractivity contribution < 1.29 is 4.74 Å². The van der Waals surface area contributed by atoms with Crippen LogP contribution in [-0.2, 0) is 4.74 Å². The molecule has 0 amide bonds. The molecule has 0 N–H and O–H groups in total. The Morgan fingerprint density at radius 3 is 1.20 bits per heavy atom. The van der Waals surface area contributed by atoms with E-state index in [0.29, 0.717) is 12.2 Å². The molecule has 2 unspecified atom stereocenters. The van der Waals surface area contributed by atoms with E-state index >= 15 is 0 Å². The molecule has 0 aliphatic heterocycles. The van der Waals surface area contributed by atoms with E-state index in [1.54, 1.807) is 0 Å². The van der Waals surface area contributed by atoms with Gasteiger partial charge in [0.1, 0.15) is 0 Å². The van der Waals surface area contributed by atoms with E-state index < -0.39 is 0 Å². The third-order valence-electron chi connectivity index (χ3n) is 6.85. The fourth-order valence-corrected chi connectivity index (χ4v) is 5.34. The smallest absolute Gasteiger partial charge is 0.0607 e. The van der Waals surface area contributed by atoms with Gasteiger partial charge in [-0.1, -0.05) is 90.9 Å². The molecule has 0 saturated heterocycles. The maximum atomic E-state index is 7.00. The number of hydrogen-bond acceptors (Lipinski definition) is 1. The van der Waals surface area contributed by atoms with Crippen molar-refractivity contribution in [2.24, 2.45) is 11.8 Å². The first-order valence-corrected chi connectivity index (χ1v) is 12.0. The molecule has 0 aromatic rings. The number of hydrogen-bond donors (Lipinski definition) is 0. The van der Waals surface area contributed by atoms with E-state index in [9.17, 15) is 0 Å². The van der Waals surface area contributed by atoms with E-state index in [1.165, 1.54) is 116 Å². The Labute approximate surface area is 158 Å². The highest BCUT2D eigenvalue weighted by Gasteiger charge is 2.29. The quantitative estimate of drug-likeness (QED) is 0.430. The maximum absolute atomic E-state index is 7.00. The molecule has 0 radical (unpaired) electrons. The highest BCUT2D eigenvalue weighted by Crippen LogP contribution is 2.34. The van der Waals surface area contributed by atoms with Crippen LogP contribution in [0, 0.1) is 11.8 Å². The summed E-state index contributed by atoms with van der Waals surface area (Å²) in [5.74, 6) is 1.68. The van der Waals surface area contributed by atoms with Gasteiger partial charge in [-0.25, -0.2) is 0 Å². The van der Waals surface area contributed by atoms with Crippen LogP contribution in [0.5, 0.6) is 0 Å². The van der Waals surface area contributed by atoms with Crippen molar-refractivity contribution in [3.05, 3.63) is 0 Å². The summed E-state index contributed by atoms with van der Waals surface area (Å²) in [5, 5.41) is 0. The average molecular weight is 351 g/mol. The van der Waals surface area contributed by atoms with E-state index in [1.807, 2.05) is 0 Å². The lowest BCUT2D eigenvalue weighted by Crippen LogP contribution is -2.34. The van der Waals surface area contributed by atoms with Crippen LogP contribution < -0.4 is 0 Å². The largest absolute Gasteiger partial charge is 0.374 e. The molecule has 0 aromatic heterocycles. The summed E-state index contributed by atoms with van der Waals surface area (Å²) in [6, 6.07) is 0. The molecule has 0 spiro atoms. The molecule has 2 aliphatic carbocycles. The Hall–Kier alpha value is -0.0400. The van der Waals surface area contributed by atoms with E-state index in [-0.39, 0.29) is 0 Å². The molecule has 0 heterocycles. The summed E-state index contributed by atoms with van der Waals surface area (Å²) < 4.78 is 7.00. The Morgan fingerprint density at radius 2 is 0.880 bits per heavy atom. The third kappa shape index (κ3) is 8.02. The lowest BCUT2D eigenvalue weighted by molar-refractivity contribution is -0.0842. The zero-order chi connectivity index (χ0) is 17.7. The van der Waals surface area contributed by atoms with Gasteiger partial charge in [-0.05, 0) is 50.4 Å². The summed E-state index contributed by atoms with van der Waals surface area (Å²) in [4.78, 5) is 0. The molecular formula is C24H46O. The molecule has 148 valence electrons. The van der Waals surface area contributed by atoms with Crippen LogP contribution >= 0.6 is 0 Å². The summed E-state index contributed by atoms with van der Waals surface area (Å²) in [5.41, 5.74) is 0. The molecule has 0 aromatic carbocycles. The van der Waals surface area contributed by atoms with E-state index in [2.05, 4.69) is 13.8 Å². The summed E-state index contributed by atoms with van der Waals surface area (Å²) in [6.07, 6.45) is 26.4. The van der Waals surface area contributed by atoms with Crippen molar-refractivity contribution >= 4 is 0 Å². The lowest BCUT2D eigenvalue weighted by atomic mass is 9.83. The van der Waals surface area contributed by atoms with Gasteiger partial charge in [0.25, 0.3) is 0 Å². The summed E-state index contributed by atoms with van der Waals surface area (Å²) >= 11 is 0. The van der Waals surface area contributed by atoms with Crippen LogP contribution in [0.15, 0.2) is 0 Å². The molecule has 2 fully saturated rings. The minimum atomic E-state index is 0.546. The van der Waals surface area contributed by atoms with Gasteiger partial charge in [0, 0.05) is 0 Å². The minimum absolute atomic E-state index is 0.546. The average Bonchev–Trinajstić information content (AvgIpc) is 2.53. The minimum Gasteiger partial charge on any atom is -0.374 e. The van der Waals surface area contributed by atoms with E-state index in [4.69, 9.17) is 4.74 Å². The molecule has 0 bridgehead atoms. The fraction of sp³-hybridized carbons (Fsp3) is 1.00. The first kappa shape index (κ1) is 21.3. The van der Waals surface area contributed by atoms with Gasteiger partial charge >= 0.3 is 0 Å². The Kier molecular flexibility index (Phi) is 11.2. The molecule has 1 heteroatoms. The molecule has 2 rings (SSSR count). The van der Waals surface area contributed by atoms with Gasteiger partial charge in [0.15, 0.2) is 0 Å². The van der Waals surface area contributed by atoms with E-state index in [0.717, 1.165) is 11.8 Å². The van der Waals surface area contributed by atoms with Gasteiger partial charge in [0.2, 0.25) is 0 Å². The molecular weight excluding hydrogens is 304 g/mol. The monoisotopic (exact) mass is 350 g/mol. The highest BCUT2D eigenvalue weighted by molar-refractivity contribution is 4.78. The zero-order valence-electron chi connectivity index (χ0n) is 17.4. The fourth-order valence-electron chi connectivity index (χ4n) is 5.34. The predicted octanol–water partition coefficient (Wildman–Crippen LogP) is 8.06. The summed E-state index contributed by atoms with van der Waals surface area (Å²) in [6.45, 7) is 4.70. The van der Waals surface area contributed by atoms with Gasteiger partial charge in [-0.15, -0.1) is 0 Å². The van der Waals surface area contributed by atoms with Gasteiger partial charge in [0.05, 0.1) is 12.2 Å². The second-order valence-corrected chi connectivity index (χ2v) is 9.00. The highest BCUT2D eigenvalue weighted by atomic mass is 16.5. The standard InChI is InChI=1S/C24H46O/c1-3-15-23(21-17-11-7-5-8-12-18-21)25-24(16-4-2)22-19-13-9-6-10-14-20-22/h21-24H,3-20H2,1-2H3. The Morgan fingerprint density at radius 1 is 0.560 bits per heavy atom. The molecule has 2 atom stereocenters. The first-order chi connectivity index (χ1) is 12.3. The van der Waals surface area contributed by atoms with Crippen LogP contribution in [0.3, 0.4) is 0 Å². The van der Waals surface area contributed by atoms with Crippen LogP contribution in [0.2, 0.25) is 0 Å². The van der Waals surface area contributed by atoms with Crippen molar-refractivity contribution in [3.8, 4) is 0 Å². The van der Waals surface area contributed by atoms with Crippen LogP contribution in [0.4, 0.5) is 0 Å².